The summed E-state index contributed by atoms with van der Waals surface area (Å²) in [5.74, 6) is 0. The fraction of sp³-hybridized carbons (Fsp3) is 0.632. The van der Waals surface area contributed by atoms with Gasteiger partial charge in [0.25, 0.3) is 0 Å². The molecule has 1 aromatic rings. The van der Waals surface area contributed by atoms with Gasteiger partial charge in [-0.1, -0.05) is 29.8 Å². The van der Waals surface area contributed by atoms with Crippen LogP contribution in [0.25, 0.3) is 0 Å². The lowest BCUT2D eigenvalue weighted by Gasteiger charge is -2.36. The highest BCUT2D eigenvalue weighted by Gasteiger charge is 2.34. The SMILES string of the molecule is Cc1ccc(C(CNC(=O)NCC2(O)CCC2)N2CCCC2)cc1. The van der Waals surface area contributed by atoms with Crippen LogP contribution in [0.3, 0.4) is 0 Å². The molecule has 0 radical (unpaired) electrons. The monoisotopic (exact) mass is 331 g/mol. The molecule has 1 aliphatic heterocycles. The van der Waals surface area contributed by atoms with E-state index in [2.05, 4.69) is 46.7 Å². The van der Waals surface area contributed by atoms with E-state index in [9.17, 15) is 9.90 Å². The Labute approximate surface area is 144 Å². The van der Waals surface area contributed by atoms with Crippen LogP contribution in [-0.2, 0) is 0 Å². The second-order valence-electron chi connectivity index (χ2n) is 7.31. The molecule has 1 saturated carbocycles. The maximum absolute atomic E-state index is 12.1. The number of aryl methyl sites for hydroxylation is 1. The first kappa shape index (κ1) is 17.2. The number of carbonyl (C=O) groups is 1. The molecule has 0 spiro atoms. The molecule has 0 bridgehead atoms. The number of benzene rings is 1. The Hall–Kier alpha value is -1.59. The molecule has 0 aromatic heterocycles. The van der Waals surface area contributed by atoms with E-state index in [0.717, 1.165) is 32.4 Å². The molecule has 2 aliphatic rings. The van der Waals surface area contributed by atoms with Crippen LogP contribution in [0.5, 0.6) is 0 Å². The smallest absolute Gasteiger partial charge is 0.314 e. The molecule has 24 heavy (non-hydrogen) atoms. The lowest BCUT2D eigenvalue weighted by atomic mass is 9.80. The summed E-state index contributed by atoms with van der Waals surface area (Å²) in [6.07, 6.45) is 5.06. The highest BCUT2D eigenvalue weighted by molar-refractivity contribution is 5.74. The summed E-state index contributed by atoms with van der Waals surface area (Å²) >= 11 is 0. The van der Waals surface area contributed by atoms with Crippen molar-refractivity contribution >= 4 is 6.03 Å². The number of aliphatic hydroxyl groups is 1. The fourth-order valence-electron chi connectivity index (χ4n) is 3.56. The topological polar surface area (TPSA) is 64.6 Å². The summed E-state index contributed by atoms with van der Waals surface area (Å²) in [4.78, 5) is 14.5. The lowest BCUT2D eigenvalue weighted by Crippen LogP contribution is -2.51. The third-order valence-electron chi connectivity index (χ3n) is 5.36. The lowest BCUT2D eigenvalue weighted by molar-refractivity contribution is -0.0290. The second-order valence-corrected chi connectivity index (χ2v) is 7.31. The highest BCUT2D eigenvalue weighted by atomic mass is 16.3. The maximum Gasteiger partial charge on any atom is 0.314 e. The van der Waals surface area contributed by atoms with Gasteiger partial charge in [0, 0.05) is 13.1 Å². The van der Waals surface area contributed by atoms with Gasteiger partial charge < -0.3 is 15.7 Å². The van der Waals surface area contributed by atoms with E-state index >= 15 is 0 Å². The van der Waals surface area contributed by atoms with Gasteiger partial charge in [-0.15, -0.1) is 0 Å². The third kappa shape index (κ3) is 4.28. The standard InChI is InChI=1S/C19H29N3O2/c1-15-5-7-16(8-6-15)17(22-11-2-3-12-22)13-20-18(23)21-14-19(24)9-4-10-19/h5-8,17,24H,2-4,9-14H2,1H3,(H2,20,21,23). The molecular weight excluding hydrogens is 302 g/mol. The molecule has 5 nitrogen and oxygen atoms in total. The largest absolute Gasteiger partial charge is 0.388 e. The predicted molar refractivity (Wildman–Crippen MR) is 94.9 cm³/mol. The van der Waals surface area contributed by atoms with E-state index in [0.29, 0.717) is 13.1 Å². The first-order valence-corrected chi connectivity index (χ1v) is 9.10. The van der Waals surface area contributed by atoms with Crippen LogP contribution in [0.2, 0.25) is 0 Å². The van der Waals surface area contributed by atoms with Crippen LogP contribution in [0.4, 0.5) is 4.79 Å². The van der Waals surface area contributed by atoms with Gasteiger partial charge in [-0.25, -0.2) is 4.79 Å². The van der Waals surface area contributed by atoms with E-state index < -0.39 is 5.60 Å². The summed E-state index contributed by atoms with van der Waals surface area (Å²) in [7, 11) is 0. The van der Waals surface area contributed by atoms with Gasteiger partial charge in [0.1, 0.15) is 0 Å². The Kier molecular flexibility index (Phi) is 5.41. The highest BCUT2D eigenvalue weighted by Crippen LogP contribution is 2.30. The van der Waals surface area contributed by atoms with Gasteiger partial charge in [-0.3, -0.25) is 4.90 Å². The number of carbonyl (C=O) groups excluding carboxylic acids is 1. The van der Waals surface area contributed by atoms with Crippen molar-refractivity contribution in [3.8, 4) is 0 Å². The van der Waals surface area contributed by atoms with Crippen molar-refractivity contribution in [2.75, 3.05) is 26.2 Å². The first-order valence-electron chi connectivity index (χ1n) is 9.10. The molecule has 3 N–H and O–H groups in total. The minimum Gasteiger partial charge on any atom is -0.388 e. The molecule has 1 atom stereocenters. The number of amides is 2. The Balaban J connectivity index is 1.55. The van der Waals surface area contributed by atoms with Gasteiger partial charge in [0.15, 0.2) is 0 Å². The van der Waals surface area contributed by atoms with Gasteiger partial charge in [-0.2, -0.15) is 0 Å². The van der Waals surface area contributed by atoms with Crippen molar-refractivity contribution in [1.82, 2.24) is 15.5 Å². The average molecular weight is 331 g/mol. The second kappa shape index (κ2) is 7.53. The van der Waals surface area contributed by atoms with Crippen LogP contribution in [0.1, 0.15) is 49.3 Å². The number of likely N-dealkylation sites (tertiary alicyclic amines) is 1. The molecule has 2 amide bonds. The Morgan fingerprint density at radius 3 is 2.42 bits per heavy atom. The molecule has 2 fully saturated rings. The zero-order valence-corrected chi connectivity index (χ0v) is 14.6. The molecule has 1 unspecified atom stereocenters. The first-order chi connectivity index (χ1) is 11.6. The number of nitrogens with one attached hydrogen (secondary N) is 2. The number of hydrogen-bond acceptors (Lipinski definition) is 3. The minimum atomic E-state index is -0.678. The molecule has 132 valence electrons. The summed E-state index contributed by atoms with van der Waals surface area (Å²) < 4.78 is 0. The fourth-order valence-corrected chi connectivity index (χ4v) is 3.56. The summed E-state index contributed by atoms with van der Waals surface area (Å²) in [5.41, 5.74) is 1.82. The van der Waals surface area contributed by atoms with Crippen molar-refractivity contribution in [3.63, 3.8) is 0 Å². The van der Waals surface area contributed by atoms with E-state index in [4.69, 9.17) is 0 Å². The van der Waals surface area contributed by atoms with Crippen LogP contribution in [0, 0.1) is 6.92 Å². The number of nitrogens with zero attached hydrogens (tertiary/aromatic N) is 1. The number of urea groups is 1. The summed E-state index contributed by atoms with van der Waals surface area (Å²) in [6, 6.07) is 8.61. The summed E-state index contributed by atoms with van der Waals surface area (Å²) in [6.45, 7) is 5.19. The zero-order valence-electron chi connectivity index (χ0n) is 14.6. The van der Waals surface area contributed by atoms with Gasteiger partial charge in [-0.05, 0) is 57.7 Å². The van der Waals surface area contributed by atoms with E-state index in [1.165, 1.54) is 24.0 Å². The van der Waals surface area contributed by atoms with Gasteiger partial charge >= 0.3 is 6.03 Å². The van der Waals surface area contributed by atoms with Crippen LogP contribution >= 0.6 is 0 Å². The number of rotatable bonds is 6. The molecular formula is C19H29N3O2. The van der Waals surface area contributed by atoms with E-state index in [-0.39, 0.29) is 12.1 Å². The molecule has 1 heterocycles. The molecule has 1 saturated heterocycles. The van der Waals surface area contributed by atoms with Crippen molar-refractivity contribution < 1.29 is 9.90 Å². The molecule has 5 heteroatoms. The van der Waals surface area contributed by atoms with E-state index in [1.807, 2.05) is 0 Å². The maximum atomic E-state index is 12.1. The van der Waals surface area contributed by atoms with Crippen LogP contribution in [0.15, 0.2) is 24.3 Å². The predicted octanol–water partition coefficient (Wildman–Crippen LogP) is 2.35. The van der Waals surface area contributed by atoms with Crippen molar-refractivity contribution in [3.05, 3.63) is 35.4 Å². The normalized spacial score (nSPS) is 21.1. The quantitative estimate of drug-likeness (QED) is 0.750. The third-order valence-corrected chi connectivity index (χ3v) is 5.36. The Morgan fingerprint density at radius 1 is 1.17 bits per heavy atom. The number of hydrogen-bond donors (Lipinski definition) is 3. The molecule has 1 aliphatic carbocycles. The Bertz CT molecular complexity index is 548. The summed E-state index contributed by atoms with van der Waals surface area (Å²) in [5, 5.41) is 15.9. The van der Waals surface area contributed by atoms with Crippen LogP contribution in [-0.4, -0.2) is 47.8 Å². The molecule has 3 rings (SSSR count). The van der Waals surface area contributed by atoms with Crippen molar-refractivity contribution in [2.45, 2.75) is 50.7 Å². The van der Waals surface area contributed by atoms with Crippen LogP contribution < -0.4 is 10.6 Å². The minimum absolute atomic E-state index is 0.188. The van der Waals surface area contributed by atoms with Gasteiger partial charge in [0.05, 0.1) is 11.6 Å². The average Bonchev–Trinajstić information content (AvgIpc) is 3.07. The van der Waals surface area contributed by atoms with E-state index in [1.54, 1.807) is 0 Å². The van der Waals surface area contributed by atoms with Crippen molar-refractivity contribution in [2.24, 2.45) is 0 Å². The Morgan fingerprint density at radius 2 is 1.83 bits per heavy atom. The zero-order chi connectivity index (χ0) is 17.0. The van der Waals surface area contributed by atoms with Crippen molar-refractivity contribution in [1.29, 1.82) is 0 Å². The molecule has 1 aromatic carbocycles. The van der Waals surface area contributed by atoms with Gasteiger partial charge in [0.2, 0.25) is 0 Å².